The average Bonchev–Trinajstić information content (AvgIpc) is 3.50. The minimum atomic E-state index is 0. The van der Waals surface area contributed by atoms with E-state index in [1.54, 1.807) is 0 Å². The highest BCUT2D eigenvalue weighted by molar-refractivity contribution is 14.0. The molecule has 166 valence electrons. The van der Waals surface area contributed by atoms with Crippen molar-refractivity contribution in [3.05, 3.63) is 52.8 Å². The SMILES string of the molecule is CCNC(=NCc1c(C)nn(Cc2ccccc2)c1C)N(C)CCOCC1CC1.I. The van der Waals surface area contributed by atoms with Gasteiger partial charge in [-0.25, -0.2) is 4.99 Å². The summed E-state index contributed by atoms with van der Waals surface area (Å²) in [4.78, 5) is 7.02. The summed E-state index contributed by atoms with van der Waals surface area (Å²) in [5, 5.41) is 8.14. The zero-order chi connectivity index (χ0) is 20.6. The Morgan fingerprint density at radius 3 is 2.67 bits per heavy atom. The fraction of sp³-hybridized carbons (Fsp3) is 0.565. The van der Waals surface area contributed by atoms with Crippen LogP contribution in [-0.2, 0) is 17.8 Å². The number of hydrogen-bond acceptors (Lipinski definition) is 3. The Morgan fingerprint density at radius 2 is 2.00 bits per heavy atom. The molecule has 0 spiro atoms. The second-order valence-electron chi connectivity index (χ2n) is 7.90. The Morgan fingerprint density at radius 1 is 1.27 bits per heavy atom. The first-order valence-electron chi connectivity index (χ1n) is 10.7. The van der Waals surface area contributed by atoms with E-state index in [0.29, 0.717) is 6.54 Å². The molecule has 0 bridgehead atoms. The molecule has 1 heterocycles. The zero-order valence-corrected chi connectivity index (χ0v) is 21.1. The molecule has 3 rings (SSSR count). The number of nitrogens with zero attached hydrogens (tertiary/aromatic N) is 4. The van der Waals surface area contributed by atoms with E-state index in [-0.39, 0.29) is 24.0 Å². The first kappa shape index (κ1) is 24.7. The summed E-state index contributed by atoms with van der Waals surface area (Å²) in [5.74, 6) is 1.72. The number of guanidine groups is 1. The molecule has 6 nitrogen and oxygen atoms in total. The van der Waals surface area contributed by atoms with Gasteiger partial charge in [-0.3, -0.25) is 4.68 Å². The molecule has 2 aromatic rings. The van der Waals surface area contributed by atoms with Crippen molar-refractivity contribution in [3.63, 3.8) is 0 Å². The standard InChI is InChI=1S/C23H35N5O.HI/c1-5-24-23(27(4)13-14-29-17-21-11-12-21)25-15-22-18(2)26-28(19(22)3)16-20-9-7-6-8-10-20;/h6-10,21H,5,11-17H2,1-4H3,(H,24,25);1H. The first-order chi connectivity index (χ1) is 14.1. The van der Waals surface area contributed by atoms with Crippen LogP contribution in [0.3, 0.4) is 0 Å². The van der Waals surface area contributed by atoms with Crippen LogP contribution < -0.4 is 5.32 Å². The van der Waals surface area contributed by atoms with Crippen molar-refractivity contribution in [2.75, 3.05) is 33.4 Å². The van der Waals surface area contributed by atoms with Gasteiger partial charge in [0.15, 0.2) is 5.96 Å². The minimum absolute atomic E-state index is 0. The third kappa shape index (κ3) is 7.27. The molecule has 0 radical (unpaired) electrons. The van der Waals surface area contributed by atoms with Gasteiger partial charge in [-0.15, -0.1) is 24.0 Å². The minimum Gasteiger partial charge on any atom is -0.379 e. The van der Waals surface area contributed by atoms with Gasteiger partial charge in [0.05, 0.1) is 25.4 Å². The fourth-order valence-corrected chi connectivity index (χ4v) is 3.34. The van der Waals surface area contributed by atoms with Crippen LogP contribution in [0.2, 0.25) is 0 Å². The molecule has 0 unspecified atom stereocenters. The molecule has 0 saturated heterocycles. The number of benzene rings is 1. The molecular formula is C23H36IN5O. The van der Waals surface area contributed by atoms with Crippen LogP contribution in [0.4, 0.5) is 0 Å². The van der Waals surface area contributed by atoms with Gasteiger partial charge in [-0.1, -0.05) is 30.3 Å². The largest absolute Gasteiger partial charge is 0.379 e. The summed E-state index contributed by atoms with van der Waals surface area (Å²) in [6, 6.07) is 10.5. The van der Waals surface area contributed by atoms with Gasteiger partial charge in [0.2, 0.25) is 0 Å². The monoisotopic (exact) mass is 525 g/mol. The van der Waals surface area contributed by atoms with E-state index >= 15 is 0 Å². The van der Waals surface area contributed by atoms with E-state index in [1.807, 2.05) is 6.07 Å². The van der Waals surface area contributed by atoms with Crippen LogP contribution in [0.5, 0.6) is 0 Å². The lowest BCUT2D eigenvalue weighted by molar-refractivity contribution is 0.115. The van der Waals surface area contributed by atoms with E-state index in [1.165, 1.54) is 29.7 Å². The lowest BCUT2D eigenvalue weighted by Crippen LogP contribution is -2.40. The van der Waals surface area contributed by atoms with Crippen LogP contribution in [-0.4, -0.2) is 54.0 Å². The number of likely N-dealkylation sites (N-methyl/N-ethyl adjacent to an activating group) is 1. The predicted molar refractivity (Wildman–Crippen MR) is 134 cm³/mol. The molecule has 1 saturated carbocycles. The molecule has 1 aliphatic carbocycles. The van der Waals surface area contributed by atoms with Crippen molar-refractivity contribution < 1.29 is 4.74 Å². The van der Waals surface area contributed by atoms with Gasteiger partial charge in [0.1, 0.15) is 0 Å². The maximum absolute atomic E-state index is 5.78. The summed E-state index contributed by atoms with van der Waals surface area (Å²) in [7, 11) is 2.07. The Hall–Kier alpha value is -1.61. The van der Waals surface area contributed by atoms with Crippen molar-refractivity contribution in [1.29, 1.82) is 0 Å². The Balaban J connectivity index is 0.00000320. The van der Waals surface area contributed by atoms with Gasteiger partial charge >= 0.3 is 0 Å². The number of aliphatic imine (C=N–C) groups is 1. The van der Waals surface area contributed by atoms with E-state index in [4.69, 9.17) is 14.8 Å². The van der Waals surface area contributed by atoms with Crippen molar-refractivity contribution in [2.24, 2.45) is 10.9 Å². The van der Waals surface area contributed by atoms with Crippen molar-refractivity contribution >= 4 is 29.9 Å². The summed E-state index contributed by atoms with van der Waals surface area (Å²) in [5.41, 5.74) is 4.69. The number of aryl methyl sites for hydroxylation is 1. The second-order valence-corrected chi connectivity index (χ2v) is 7.90. The van der Waals surface area contributed by atoms with E-state index in [2.05, 4.69) is 67.0 Å². The van der Waals surface area contributed by atoms with E-state index in [0.717, 1.165) is 50.4 Å². The predicted octanol–water partition coefficient (Wildman–Crippen LogP) is 3.99. The highest BCUT2D eigenvalue weighted by Gasteiger charge is 2.21. The third-order valence-electron chi connectivity index (χ3n) is 5.41. The summed E-state index contributed by atoms with van der Waals surface area (Å²) in [6.45, 7) is 11.0. The Bertz CT molecular complexity index is 801. The van der Waals surface area contributed by atoms with E-state index in [9.17, 15) is 0 Å². The zero-order valence-electron chi connectivity index (χ0n) is 18.7. The van der Waals surface area contributed by atoms with E-state index < -0.39 is 0 Å². The molecule has 0 aliphatic heterocycles. The lowest BCUT2D eigenvalue weighted by Gasteiger charge is -2.22. The average molecular weight is 525 g/mol. The van der Waals surface area contributed by atoms with Gasteiger partial charge < -0.3 is 15.0 Å². The molecule has 1 fully saturated rings. The van der Waals surface area contributed by atoms with Crippen LogP contribution >= 0.6 is 24.0 Å². The quantitative estimate of drug-likeness (QED) is 0.221. The molecule has 1 aromatic heterocycles. The third-order valence-corrected chi connectivity index (χ3v) is 5.41. The first-order valence-corrected chi connectivity index (χ1v) is 10.7. The molecule has 1 aliphatic rings. The summed E-state index contributed by atoms with van der Waals surface area (Å²) < 4.78 is 7.86. The van der Waals surface area contributed by atoms with Crippen LogP contribution in [0.15, 0.2) is 35.3 Å². The van der Waals surface area contributed by atoms with Crippen LogP contribution in [0, 0.1) is 19.8 Å². The normalized spacial score (nSPS) is 13.8. The molecule has 0 amide bonds. The topological polar surface area (TPSA) is 54.7 Å². The van der Waals surface area contributed by atoms with Crippen LogP contribution in [0.25, 0.3) is 0 Å². The number of nitrogens with one attached hydrogen (secondary N) is 1. The van der Waals surface area contributed by atoms with Gasteiger partial charge in [0.25, 0.3) is 0 Å². The number of halogens is 1. The van der Waals surface area contributed by atoms with Crippen LogP contribution in [0.1, 0.15) is 42.3 Å². The van der Waals surface area contributed by atoms with Gasteiger partial charge in [-0.05, 0) is 45.1 Å². The Labute approximate surface area is 198 Å². The maximum Gasteiger partial charge on any atom is 0.194 e. The highest BCUT2D eigenvalue weighted by atomic mass is 127. The van der Waals surface area contributed by atoms with Crippen molar-refractivity contribution in [3.8, 4) is 0 Å². The number of hydrogen-bond donors (Lipinski definition) is 1. The number of aromatic nitrogens is 2. The smallest absolute Gasteiger partial charge is 0.194 e. The molecule has 0 atom stereocenters. The fourth-order valence-electron chi connectivity index (χ4n) is 3.34. The van der Waals surface area contributed by atoms with Gasteiger partial charge in [0, 0.05) is 38.0 Å². The highest BCUT2D eigenvalue weighted by Crippen LogP contribution is 2.28. The van der Waals surface area contributed by atoms with Crippen molar-refractivity contribution in [2.45, 2.75) is 46.7 Å². The number of rotatable bonds is 10. The van der Waals surface area contributed by atoms with Crippen molar-refractivity contribution in [1.82, 2.24) is 20.0 Å². The molecule has 30 heavy (non-hydrogen) atoms. The second kappa shape index (κ2) is 12.3. The maximum atomic E-state index is 5.78. The van der Waals surface area contributed by atoms with Gasteiger partial charge in [-0.2, -0.15) is 5.10 Å². The number of ether oxygens (including phenoxy) is 1. The molecule has 7 heteroatoms. The summed E-state index contributed by atoms with van der Waals surface area (Å²) >= 11 is 0. The lowest BCUT2D eigenvalue weighted by atomic mass is 10.2. The summed E-state index contributed by atoms with van der Waals surface area (Å²) in [6.07, 6.45) is 2.66. The molecule has 1 N–H and O–H groups in total. The molecule has 1 aromatic carbocycles. The Kier molecular flexibility index (Phi) is 10.1. The molecular weight excluding hydrogens is 489 g/mol.